The summed E-state index contributed by atoms with van der Waals surface area (Å²) in [5.41, 5.74) is 0.294. The van der Waals surface area contributed by atoms with E-state index >= 15 is 0 Å². The van der Waals surface area contributed by atoms with Gasteiger partial charge in [0.25, 0.3) is 0 Å². The van der Waals surface area contributed by atoms with Crippen LogP contribution in [0.4, 0.5) is 0 Å². The third kappa shape index (κ3) is 4.52. The van der Waals surface area contributed by atoms with Crippen molar-refractivity contribution in [3.63, 3.8) is 0 Å². The number of piperidine rings is 1. The van der Waals surface area contributed by atoms with Crippen LogP contribution >= 0.6 is 0 Å². The Hall–Kier alpha value is -2.15. The van der Waals surface area contributed by atoms with Crippen molar-refractivity contribution in [1.29, 1.82) is 0 Å². The summed E-state index contributed by atoms with van der Waals surface area (Å²) in [5.74, 6) is 0.321. The molecule has 2 unspecified atom stereocenters. The van der Waals surface area contributed by atoms with Crippen LogP contribution in [-0.4, -0.2) is 44.3 Å². The molecule has 7 nitrogen and oxygen atoms in total. The maximum atomic E-state index is 12.8. The Bertz CT molecular complexity index is 768. The van der Waals surface area contributed by atoms with Crippen molar-refractivity contribution < 1.29 is 26.9 Å². The molecule has 0 N–H and O–H groups in total. The second-order valence-electron chi connectivity index (χ2n) is 6.11. The number of nitrogens with zero attached hydrogens (tertiary/aromatic N) is 1. The average Bonchev–Trinajstić information content (AvgIpc) is 2.66. The molecule has 0 radical (unpaired) electrons. The zero-order valence-electron chi connectivity index (χ0n) is 14.9. The summed E-state index contributed by atoms with van der Waals surface area (Å²) in [4.78, 5) is 23.5. The van der Waals surface area contributed by atoms with E-state index in [-0.39, 0.29) is 12.5 Å². The third-order valence-corrected chi connectivity index (χ3v) is 5.78. The molecule has 1 aromatic carbocycles. The van der Waals surface area contributed by atoms with Crippen LogP contribution in [0.1, 0.15) is 38.2 Å². The zero-order valence-corrected chi connectivity index (χ0v) is 15.7. The molecule has 0 amide bonds. The fourth-order valence-corrected chi connectivity index (χ4v) is 4.59. The Morgan fingerprint density at radius 2 is 2.00 bits per heavy atom. The van der Waals surface area contributed by atoms with Crippen LogP contribution in [0.15, 0.2) is 30.3 Å². The quantitative estimate of drug-likeness (QED) is 0.408. The molecule has 1 saturated heterocycles. The highest BCUT2D eigenvalue weighted by molar-refractivity contribution is 7.84. The van der Waals surface area contributed by atoms with E-state index in [2.05, 4.69) is 0 Å². The Labute approximate surface area is 153 Å². The van der Waals surface area contributed by atoms with Gasteiger partial charge in [0.05, 0.1) is 7.11 Å². The van der Waals surface area contributed by atoms with Gasteiger partial charge in [-0.2, -0.15) is 12.7 Å². The number of ether oxygens (including phenoxy) is 1. The van der Waals surface area contributed by atoms with Crippen molar-refractivity contribution in [3.8, 4) is 0 Å². The van der Waals surface area contributed by atoms with Gasteiger partial charge in [-0.1, -0.05) is 43.7 Å². The predicted molar refractivity (Wildman–Crippen MR) is 95.7 cm³/mol. The highest BCUT2D eigenvalue weighted by Gasteiger charge is 2.44. The summed E-state index contributed by atoms with van der Waals surface area (Å²) in [6.07, 6.45) is 2.85. The summed E-state index contributed by atoms with van der Waals surface area (Å²) in [6, 6.07) is 7.17. The van der Waals surface area contributed by atoms with Gasteiger partial charge < -0.3 is 8.92 Å². The topological polar surface area (TPSA) is 90.0 Å². The monoisotopic (exact) mass is 381 g/mol. The third-order valence-electron chi connectivity index (χ3n) is 4.42. The van der Waals surface area contributed by atoms with Gasteiger partial charge >= 0.3 is 16.3 Å². The number of methoxy groups -OCH3 is 1. The minimum absolute atomic E-state index is 0.128. The normalized spacial score (nSPS) is 20.8. The molecule has 0 aromatic heterocycles. The van der Waals surface area contributed by atoms with Crippen LogP contribution in [0.3, 0.4) is 0 Å². The van der Waals surface area contributed by atoms with Gasteiger partial charge in [0.15, 0.2) is 5.94 Å². The molecule has 26 heavy (non-hydrogen) atoms. The van der Waals surface area contributed by atoms with Gasteiger partial charge in [-0.25, -0.2) is 4.79 Å². The van der Waals surface area contributed by atoms with Gasteiger partial charge in [-0.3, -0.25) is 4.79 Å². The summed E-state index contributed by atoms with van der Waals surface area (Å²) in [6.45, 7) is 2.10. The molecule has 8 heteroatoms. The smallest absolute Gasteiger partial charge is 0.386 e. The van der Waals surface area contributed by atoms with Crippen LogP contribution in [0, 0.1) is 5.92 Å². The van der Waals surface area contributed by atoms with Gasteiger partial charge in [0.1, 0.15) is 6.04 Å². The van der Waals surface area contributed by atoms with E-state index in [1.165, 1.54) is 13.1 Å². The lowest BCUT2D eigenvalue weighted by molar-refractivity contribution is -0.148. The molecule has 0 bridgehead atoms. The lowest BCUT2D eigenvalue weighted by Crippen LogP contribution is -2.53. The first-order valence-corrected chi connectivity index (χ1v) is 9.90. The lowest BCUT2D eigenvalue weighted by atomic mass is 9.87. The summed E-state index contributed by atoms with van der Waals surface area (Å²) < 4.78 is 36.5. The van der Waals surface area contributed by atoms with Crippen LogP contribution in [0.5, 0.6) is 0 Å². The molecule has 1 aliphatic rings. The summed E-state index contributed by atoms with van der Waals surface area (Å²) in [7, 11) is -3.14. The molecule has 2 atom stereocenters. The maximum absolute atomic E-state index is 12.8. The maximum Gasteiger partial charge on any atom is 0.386 e. The average molecular weight is 381 g/mol. The van der Waals surface area contributed by atoms with E-state index in [9.17, 15) is 18.0 Å². The number of carbonyl (C=O) groups is 1. The van der Waals surface area contributed by atoms with Crippen LogP contribution in [0.2, 0.25) is 0 Å². The molecule has 142 valence electrons. The largest absolute Gasteiger partial charge is 0.468 e. The van der Waals surface area contributed by atoms with Gasteiger partial charge in [-0.05, 0) is 25.2 Å². The van der Waals surface area contributed by atoms with E-state index in [1.807, 2.05) is 6.92 Å². The first-order chi connectivity index (χ1) is 12.4. The molecule has 1 aliphatic heterocycles. The fourth-order valence-electron chi connectivity index (χ4n) is 3.26. The summed E-state index contributed by atoms with van der Waals surface area (Å²) >= 11 is 0. The van der Waals surface area contributed by atoms with E-state index in [0.29, 0.717) is 18.4 Å². The molecule has 0 saturated carbocycles. The van der Waals surface area contributed by atoms with Gasteiger partial charge in [-0.15, -0.1) is 0 Å². The van der Waals surface area contributed by atoms with E-state index in [1.54, 1.807) is 30.3 Å². The van der Waals surface area contributed by atoms with E-state index < -0.39 is 28.1 Å². The Morgan fingerprint density at radius 3 is 2.58 bits per heavy atom. The highest BCUT2D eigenvalue weighted by Crippen LogP contribution is 2.32. The van der Waals surface area contributed by atoms with Gasteiger partial charge in [0, 0.05) is 12.1 Å². The minimum Gasteiger partial charge on any atom is -0.468 e. The Balaban J connectivity index is 2.32. The van der Waals surface area contributed by atoms with Crippen molar-refractivity contribution in [1.82, 2.24) is 4.31 Å². The van der Waals surface area contributed by atoms with Crippen molar-refractivity contribution in [2.45, 2.75) is 38.6 Å². The number of esters is 1. The first kappa shape index (κ1) is 20.2. The van der Waals surface area contributed by atoms with E-state index in [0.717, 1.165) is 17.1 Å². The molecule has 1 heterocycles. The van der Waals surface area contributed by atoms with Crippen LogP contribution in [-0.2, 0) is 28.8 Å². The molecule has 0 spiro atoms. The predicted octanol–water partition coefficient (Wildman–Crippen LogP) is 2.17. The van der Waals surface area contributed by atoms with Gasteiger partial charge in [0.2, 0.25) is 5.76 Å². The SMILES string of the molecule is CCCC1CCCN(S(=O)(=O)OC(=C=O)c2ccccc2)C1C(=O)OC. The van der Waals surface area contributed by atoms with E-state index in [4.69, 9.17) is 8.92 Å². The second-order valence-corrected chi connectivity index (χ2v) is 7.60. The number of rotatable bonds is 7. The van der Waals surface area contributed by atoms with Crippen molar-refractivity contribution in [2.24, 2.45) is 5.92 Å². The zero-order chi connectivity index (χ0) is 19.2. The van der Waals surface area contributed by atoms with Crippen molar-refractivity contribution >= 4 is 28.0 Å². The minimum atomic E-state index is -4.37. The number of benzene rings is 1. The molecule has 2 rings (SSSR count). The highest BCUT2D eigenvalue weighted by atomic mass is 32.2. The van der Waals surface area contributed by atoms with Crippen LogP contribution in [0.25, 0.3) is 5.76 Å². The standard InChI is InChI=1S/C18H23NO6S/c1-3-8-15-11-7-12-19(17(15)18(21)24-2)26(22,23)25-16(13-20)14-9-5-4-6-10-14/h4-6,9-10,15,17H,3,7-8,11-12H2,1-2H3. The number of hydrogen-bond acceptors (Lipinski definition) is 6. The first-order valence-electron chi connectivity index (χ1n) is 8.54. The summed E-state index contributed by atoms with van der Waals surface area (Å²) in [5, 5.41) is 0. The number of carbonyl (C=O) groups excluding carboxylic acids is 2. The van der Waals surface area contributed by atoms with Crippen molar-refractivity contribution in [3.05, 3.63) is 35.9 Å². The molecular formula is C18H23NO6S. The molecular weight excluding hydrogens is 358 g/mol. The lowest BCUT2D eigenvalue weighted by Gasteiger charge is -2.37. The molecule has 1 aromatic rings. The van der Waals surface area contributed by atoms with Crippen molar-refractivity contribution in [2.75, 3.05) is 13.7 Å². The Kier molecular flexibility index (Phi) is 6.97. The Morgan fingerprint density at radius 1 is 1.31 bits per heavy atom. The van der Waals surface area contributed by atoms with Crippen LogP contribution < -0.4 is 0 Å². The fraction of sp³-hybridized carbons (Fsp3) is 0.500. The molecule has 0 aliphatic carbocycles. The molecule has 1 fully saturated rings. The second kappa shape index (κ2) is 8.98. The number of hydrogen-bond donors (Lipinski definition) is 0.